The average Bonchev–Trinajstić information content (AvgIpc) is 2.93. The van der Waals surface area contributed by atoms with Gasteiger partial charge in [-0.05, 0) is 50.3 Å². The van der Waals surface area contributed by atoms with Crippen molar-refractivity contribution in [2.45, 2.75) is 51.6 Å². The second-order valence-electron chi connectivity index (χ2n) is 6.19. The Morgan fingerprint density at radius 1 is 1.45 bits per heavy atom. The molecule has 1 fully saturated rings. The maximum absolute atomic E-state index is 12.7. The van der Waals surface area contributed by atoms with Crippen molar-refractivity contribution < 1.29 is 9.53 Å². The molecule has 1 amide bonds. The summed E-state index contributed by atoms with van der Waals surface area (Å²) in [5.74, 6) is 1.38. The highest BCUT2D eigenvalue weighted by atomic mass is 16.5. The molecule has 0 aliphatic heterocycles. The van der Waals surface area contributed by atoms with Gasteiger partial charge in [-0.1, -0.05) is 18.6 Å². The van der Waals surface area contributed by atoms with Crippen molar-refractivity contribution in [1.29, 1.82) is 0 Å². The standard InChI is InChI=1S/C18H28N2O2/c1-4-20(18(21)12-15-8-6-10-17(15)19)13(2)14-7-5-9-16(11-14)22-3/h5,7,9,11,13,15,17H,4,6,8,10,12,19H2,1-3H3/t13?,15-,17+/m0/s1. The highest BCUT2D eigenvalue weighted by molar-refractivity contribution is 5.77. The lowest BCUT2D eigenvalue weighted by Crippen LogP contribution is -2.36. The van der Waals surface area contributed by atoms with E-state index in [1.165, 1.54) is 0 Å². The highest BCUT2D eigenvalue weighted by Crippen LogP contribution is 2.30. The smallest absolute Gasteiger partial charge is 0.223 e. The van der Waals surface area contributed by atoms with Crippen LogP contribution in [-0.4, -0.2) is 30.5 Å². The van der Waals surface area contributed by atoms with Crippen molar-refractivity contribution in [2.24, 2.45) is 11.7 Å². The zero-order valence-electron chi connectivity index (χ0n) is 13.9. The van der Waals surface area contributed by atoms with E-state index in [2.05, 4.69) is 6.92 Å². The molecule has 0 aromatic heterocycles. The Kier molecular flexibility index (Phi) is 5.83. The van der Waals surface area contributed by atoms with Crippen molar-refractivity contribution in [3.8, 4) is 5.75 Å². The minimum absolute atomic E-state index is 0.0465. The molecule has 122 valence electrons. The van der Waals surface area contributed by atoms with Crippen LogP contribution in [0.2, 0.25) is 0 Å². The number of carbonyl (C=O) groups excluding carboxylic acids is 1. The monoisotopic (exact) mass is 304 g/mol. The van der Waals surface area contributed by atoms with Gasteiger partial charge in [0.1, 0.15) is 5.75 Å². The molecule has 0 bridgehead atoms. The zero-order valence-corrected chi connectivity index (χ0v) is 13.9. The normalized spacial score (nSPS) is 22.4. The van der Waals surface area contributed by atoms with E-state index in [0.29, 0.717) is 18.9 Å². The first kappa shape index (κ1) is 16.8. The van der Waals surface area contributed by atoms with Crippen molar-refractivity contribution >= 4 is 5.91 Å². The lowest BCUT2D eigenvalue weighted by Gasteiger charge is -2.30. The quantitative estimate of drug-likeness (QED) is 0.878. The highest BCUT2D eigenvalue weighted by Gasteiger charge is 2.29. The molecule has 1 unspecified atom stereocenters. The summed E-state index contributed by atoms with van der Waals surface area (Å²) in [5.41, 5.74) is 7.21. The van der Waals surface area contributed by atoms with Crippen LogP contribution in [0.15, 0.2) is 24.3 Å². The molecule has 1 aromatic rings. The molecule has 0 heterocycles. The topological polar surface area (TPSA) is 55.6 Å². The van der Waals surface area contributed by atoms with Gasteiger partial charge in [0, 0.05) is 19.0 Å². The van der Waals surface area contributed by atoms with Gasteiger partial charge in [-0.3, -0.25) is 4.79 Å². The lowest BCUT2D eigenvalue weighted by molar-refractivity contribution is -0.134. The number of hydrogen-bond acceptors (Lipinski definition) is 3. The fourth-order valence-electron chi connectivity index (χ4n) is 3.41. The maximum Gasteiger partial charge on any atom is 0.223 e. The molecule has 0 spiro atoms. The molecule has 0 saturated heterocycles. The third kappa shape index (κ3) is 3.80. The van der Waals surface area contributed by atoms with Crippen LogP contribution in [0.25, 0.3) is 0 Å². The molecule has 22 heavy (non-hydrogen) atoms. The number of rotatable bonds is 6. The van der Waals surface area contributed by atoms with Gasteiger partial charge in [0.25, 0.3) is 0 Å². The predicted molar refractivity (Wildman–Crippen MR) is 88.7 cm³/mol. The van der Waals surface area contributed by atoms with Crippen molar-refractivity contribution in [3.63, 3.8) is 0 Å². The van der Waals surface area contributed by atoms with Gasteiger partial charge in [0.15, 0.2) is 0 Å². The Hall–Kier alpha value is -1.55. The Morgan fingerprint density at radius 3 is 2.82 bits per heavy atom. The number of benzene rings is 1. The summed E-state index contributed by atoms with van der Waals surface area (Å²) >= 11 is 0. The van der Waals surface area contributed by atoms with E-state index in [1.807, 2.05) is 36.1 Å². The first-order valence-electron chi connectivity index (χ1n) is 8.25. The van der Waals surface area contributed by atoms with Crippen molar-refractivity contribution in [1.82, 2.24) is 4.90 Å². The number of nitrogens with zero attached hydrogens (tertiary/aromatic N) is 1. The Bertz CT molecular complexity index is 504. The molecule has 1 aliphatic rings. The Balaban J connectivity index is 2.07. The fourth-order valence-corrected chi connectivity index (χ4v) is 3.41. The maximum atomic E-state index is 12.7. The summed E-state index contributed by atoms with van der Waals surface area (Å²) in [5, 5.41) is 0. The molecule has 0 radical (unpaired) electrons. The van der Waals surface area contributed by atoms with Crippen LogP contribution < -0.4 is 10.5 Å². The third-order valence-electron chi connectivity index (χ3n) is 4.86. The zero-order chi connectivity index (χ0) is 16.1. The summed E-state index contributed by atoms with van der Waals surface area (Å²) in [6.45, 7) is 4.81. The minimum Gasteiger partial charge on any atom is -0.497 e. The molecular weight excluding hydrogens is 276 g/mol. The molecular formula is C18H28N2O2. The number of methoxy groups -OCH3 is 1. The van der Waals surface area contributed by atoms with Crippen LogP contribution in [0.5, 0.6) is 5.75 Å². The SMILES string of the molecule is CCN(C(=O)C[C@@H]1CCC[C@H]1N)C(C)c1cccc(OC)c1. The number of nitrogens with two attached hydrogens (primary N) is 1. The van der Waals surface area contributed by atoms with E-state index >= 15 is 0 Å². The summed E-state index contributed by atoms with van der Waals surface area (Å²) in [6.07, 6.45) is 3.85. The molecule has 1 aromatic carbocycles. The fraction of sp³-hybridized carbons (Fsp3) is 0.611. The minimum atomic E-state index is 0.0465. The molecule has 4 nitrogen and oxygen atoms in total. The van der Waals surface area contributed by atoms with Crippen LogP contribution in [0, 0.1) is 5.92 Å². The number of amides is 1. The van der Waals surface area contributed by atoms with Crippen molar-refractivity contribution in [3.05, 3.63) is 29.8 Å². The summed E-state index contributed by atoms with van der Waals surface area (Å²) < 4.78 is 5.28. The van der Waals surface area contributed by atoms with Gasteiger partial charge in [0.05, 0.1) is 13.2 Å². The first-order valence-corrected chi connectivity index (χ1v) is 8.25. The number of hydrogen-bond donors (Lipinski definition) is 1. The van der Waals surface area contributed by atoms with Gasteiger partial charge >= 0.3 is 0 Å². The van der Waals surface area contributed by atoms with E-state index in [4.69, 9.17) is 10.5 Å². The number of ether oxygens (including phenoxy) is 1. The van der Waals surface area contributed by atoms with E-state index in [-0.39, 0.29) is 18.0 Å². The average molecular weight is 304 g/mol. The molecule has 1 saturated carbocycles. The molecule has 1 aliphatic carbocycles. The Labute approximate surface area is 133 Å². The van der Waals surface area contributed by atoms with Crippen LogP contribution in [0.3, 0.4) is 0 Å². The summed E-state index contributed by atoms with van der Waals surface area (Å²) in [4.78, 5) is 14.6. The van der Waals surface area contributed by atoms with E-state index in [9.17, 15) is 4.79 Å². The predicted octanol–water partition coefficient (Wildman–Crippen LogP) is 3.12. The van der Waals surface area contributed by atoms with Crippen LogP contribution >= 0.6 is 0 Å². The van der Waals surface area contributed by atoms with E-state index < -0.39 is 0 Å². The molecule has 3 atom stereocenters. The first-order chi connectivity index (χ1) is 10.6. The van der Waals surface area contributed by atoms with Crippen LogP contribution in [0.4, 0.5) is 0 Å². The molecule has 4 heteroatoms. The second kappa shape index (κ2) is 7.63. The van der Waals surface area contributed by atoms with E-state index in [0.717, 1.165) is 30.6 Å². The Morgan fingerprint density at radius 2 is 2.23 bits per heavy atom. The van der Waals surface area contributed by atoms with Crippen molar-refractivity contribution in [2.75, 3.05) is 13.7 Å². The summed E-state index contributed by atoms with van der Waals surface area (Å²) in [7, 11) is 1.66. The van der Waals surface area contributed by atoms with Crippen LogP contribution in [0.1, 0.15) is 51.1 Å². The van der Waals surface area contributed by atoms with Gasteiger partial charge in [0.2, 0.25) is 5.91 Å². The van der Waals surface area contributed by atoms with Gasteiger partial charge in [-0.2, -0.15) is 0 Å². The molecule has 2 N–H and O–H groups in total. The second-order valence-corrected chi connectivity index (χ2v) is 6.19. The van der Waals surface area contributed by atoms with Gasteiger partial charge in [-0.15, -0.1) is 0 Å². The molecule has 2 rings (SSSR count). The van der Waals surface area contributed by atoms with E-state index in [1.54, 1.807) is 7.11 Å². The largest absolute Gasteiger partial charge is 0.497 e. The lowest BCUT2D eigenvalue weighted by atomic mass is 9.98. The summed E-state index contributed by atoms with van der Waals surface area (Å²) in [6, 6.07) is 8.17. The third-order valence-corrected chi connectivity index (χ3v) is 4.86. The van der Waals surface area contributed by atoms with Gasteiger partial charge in [-0.25, -0.2) is 0 Å². The van der Waals surface area contributed by atoms with Crippen LogP contribution in [-0.2, 0) is 4.79 Å². The number of carbonyl (C=O) groups is 1. The van der Waals surface area contributed by atoms with Gasteiger partial charge < -0.3 is 15.4 Å².